The first-order valence-electron chi connectivity index (χ1n) is 11.2. The molecule has 0 N–H and O–H groups in total. The fraction of sp³-hybridized carbons (Fsp3) is 0.400. The highest BCUT2D eigenvalue weighted by atomic mass is 127. The van der Waals surface area contributed by atoms with Crippen LogP contribution in [0.3, 0.4) is 0 Å². The van der Waals surface area contributed by atoms with Gasteiger partial charge in [-0.25, -0.2) is 4.98 Å². The first kappa shape index (κ1) is 25.7. The highest BCUT2D eigenvalue weighted by Crippen LogP contribution is 2.35. The van der Waals surface area contributed by atoms with Crippen molar-refractivity contribution in [2.45, 2.75) is 59.5 Å². The summed E-state index contributed by atoms with van der Waals surface area (Å²) in [5, 5.41) is 5.10. The first-order chi connectivity index (χ1) is 15.8. The van der Waals surface area contributed by atoms with Gasteiger partial charge in [-0.3, -0.25) is 4.79 Å². The summed E-state index contributed by atoms with van der Waals surface area (Å²) >= 11 is 5.69. The van der Waals surface area contributed by atoms with Crippen LogP contribution in [0.25, 0.3) is 10.9 Å². The Bertz CT molecular complexity index is 1230. The number of ether oxygens (including phenoxy) is 2. The first-order valence-corrected chi connectivity index (χ1v) is 13.1. The SMILES string of the molecule is CCOc1cc(C=Nn2c([C@@H](C)CC)nc3ccc(Br)cc3c2=O)cc(I)c1O[C@H](C)CC. The van der Waals surface area contributed by atoms with Gasteiger partial charge in [0, 0.05) is 10.4 Å². The van der Waals surface area contributed by atoms with Crippen LogP contribution >= 0.6 is 38.5 Å². The fourth-order valence-corrected chi connectivity index (χ4v) is 4.34. The number of halogens is 2. The van der Waals surface area contributed by atoms with Crippen molar-refractivity contribution in [3.05, 3.63) is 60.1 Å². The Morgan fingerprint density at radius 3 is 2.61 bits per heavy atom. The number of benzene rings is 2. The van der Waals surface area contributed by atoms with Crippen LogP contribution in [-0.2, 0) is 0 Å². The number of aromatic nitrogens is 2. The monoisotopic (exact) mass is 625 g/mol. The molecule has 0 spiro atoms. The molecule has 33 heavy (non-hydrogen) atoms. The molecule has 0 aliphatic carbocycles. The maximum absolute atomic E-state index is 13.3. The summed E-state index contributed by atoms with van der Waals surface area (Å²) in [6.45, 7) is 10.7. The van der Waals surface area contributed by atoms with E-state index < -0.39 is 0 Å². The Morgan fingerprint density at radius 1 is 1.18 bits per heavy atom. The van der Waals surface area contributed by atoms with Crippen LogP contribution in [0.2, 0.25) is 0 Å². The number of hydrogen-bond donors (Lipinski definition) is 0. The van der Waals surface area contributed by atoms with Crippen LogP contribution in [0.5, 0.6) is 11.5 Å². The van der Waals surface area contributed by atoms with Gasteiger partial charge in [0.2, 0.25) is 0 Å². The van der Waals surface area contributed by atoms with E-state index in [0.29, 0.717) is 29.1 Å². The molecular formula is C25H29BrIN3O3. The van der Waals surface area contributed by atoms with Crippen LogP contribution in [-0.4, -0.2) is 28.6 Å². The van der Waals surface area contributed by atoms with Crippen molar-refractivity contribution in [2.24, 2.45) is 5.10 Å². The topological polar surface area (TPSA) is 65.7 Å². The number of nitrogens with zero attached hydrogens (tertiary/aromatic N) is 3. The molecule has 2 atom stereocenters. The lowest BCUT2D eigenvalue weighted by molar-refractivity contribution is 0.201. The predicted molar refractivity (Wildman–Crippen MR) is 146 cm³/mol. The molecule has 3 rings (SSSR count). The highest BCUT2D eigenvalue weighted by molar-refractivity contribution is 14.1. The molecule has 0 radical (unpaired) electrons. The molecule has 2 aromatic carbocycles. The van der Waals surface area contributed by atoms with E-state index in [9.17, 15) is 4.79 Å². The molecule has 0 saturated heterocycles. The van der Waals surface area contributed by atoms with E-state index in [2.05, 4.69) is 64.4 Å². The zero-order chi connectivity index (χ0) is 24.1. The van der Waals surface area contributed by atoms with Crippen LogP contribution in [0.4, 0.5) is 0 Å². The minimum absolute atomic E-state index is 0.0772. The molecule has 6 nitrogen and oxygen atoms in total. The molecule has 0 fully saturated rings. The zero-order valence-corrected chi connectivity index (χ0v) is 23.3. The molecule has 1 aromatic heterocycles. The Morgan fingerprint density at radius 2 is 1.94 bits per heavy atom. The Labute approximate surface area is 216 Å². The van der Waals surface area contributed by atoms with Gasteiger partial charge in [0.15, 0.2) is 11.5 Å². The maximum atomic E-state index is 13.3. The molecule has 0 aliphatic rings. The average Bonchev–Trinajstić information content (AvgIpc) is 2.80. The highest BCUT2D eigenvalue weighted by Gasteiger charge is 2.17. The average molecular weight is 626 g/mol. The second-order valence-corrected chi connectivity index (χ2v) is 9.98. The molecule has 3 aromatic rings. The molecule has 176 valence electrons. The lowest BCUT2D eigenvalue weighted by atomic mass is 10.1. The smallest absolute Gasteiger partial charge is 0.282 e. The van der Waals surface area contributed by atoms with Gasteiger partial charge in [-0.15, -0.1) is 0 Å². The third kappa shape index (κ3) is 5.95. The van der Waals surface area contributed by atoms with Gasteiger partial charge < -0.3 is 9.47 Å². The minimum Gasteiger partial charge on any atom is -0.490 e. The maximum Gasteiger partial charge on any atom is 0.282 e. The van der Waals surface area contributed by atoms with E-state index in [1.807, 2.05) is 38.1 Å². The van der Waals surface area contributed by atoms with Gasteiger partial charge in [0.05, 0.1) is 33.4 Å². The quantitative estimate of drug-likeness (QED) is 0.195. The molecule has 0 amide bonds. The van der Waals surface area contributed by atoms with Crippen molar-refractivity contribution in [2.75, 3.05) is 6.61 Å². The van der Waals surface area contributed by atoms with E-state index in [0.717, 1.165) is 32.2 Å². The van der Waals surface area contributed by atoms with E-state index in [1.165, 1.54) is 4.68 Å². The molecule has 0 bridgehead atoms. The molecule has 0 aliphatic heterocycles. The molecule has 0 saturated carbocycles. The Hall–Kier alpha value is -1.94. The van der Waals surface area contributed by atoms with E-state index >= 15 is 0 Å². The third-order valence-electron chi connectivity index (χ3n) is 5.43. The number of fused-ring (bicyclic) bond motifs is 1. The van der Waals surface area contributed by atoms with Crippen molar-refractivity contribution >= 4 is 55.6 Å². The van der Waals surface area contributed by atoms with E-state index in [1.54, 1.807) is 12.3 Å². The van der Waals surface area contributed by atoms with E-state index in [4.69, 9.17) is 14.5 Å². The molecule has 8 heteroatoms. The van der Waals surface area contributed by atoms with Crippen LogP contribution in [0.15, 0.2) is 44.7 Å². The van der Waals surface area contributed by atoms with E-state index in [-0.39, 0.29) is 17.6 Å². The summed E-state index contributed by atoms with van der Waals surface area (Å²) in [4.78, 5) is 18.1. The van der Waals surface area contributed by atoms with Crippen molar-refractivity contribution in [1.29, 1.82) is 0 Å². The van der Waals surface area contributed by atoms with Crippen LogP contribution in [0.1, 0.15) is 64.8 Å². The standard InChI is InChI=1S/C25H29BrIN3O3/c1-6-15(4)24-29-21-10-9-18(26)13-19(21)25(31)30(24)28-14-17-11-20(27)23(33-16(5)7-2)22(12-17)32-8-3/h9-16H,6-8H2,1-5H3/t15-,16+/m0/s1. The molecular weight excluding hydrogens is 597 g/mol. The summed E-state index contributed by atoms with van der Waals surface area (Å²) < 4.78 is 15.1. The number of rotatable bonds is 9. The Kier molecular flexibility index (Phi) is 8.92. The van der Waals surface area contributed by atoms with Gasteiger partial charge in [-0.1, -0.05) is 36.7 Å². The summed E-state index contributed by atoms with van der Waals surface area (Å²) in [7, 11) is 0. The van der Waals surface area contributed by atoms with Gasteiger partial charge >= 0.3 is 0 Å². The van der Waals surface area contributed by atoms with Crippen molar-refractivity contribution < 1.29 is 9.47 Å². The summed E-state index contributed by atoms with van der Waals surface area (Å²) in [6.07, 6.45) is 3.50. The largest absolute Gasteiger partial charge is 0.490 e. The van der Waals surface area contributed by atoms with Gasteiger partial charge in [0.1, 0.15) is 5.82 Å². The fourth-order valence-electron chi connectivity index (χ4n) is 3.23. The third-order valence-corrected chi connectivity index (χ3v) is 6.73. The van der Waals surface area contributed by atoms with Crippen LogP contribution in [0, 0.1) is 3.57 Å². The van der Waals surface area contributed by atoms with Crippen molar-refractivity contribution in [3.8, 4) is 11.5 Å². The second kappa shape index (κ2) is 11.5. The normalized spacial score (nSPS) is 13.4. The minimum atomic E-state index is -0.190. The second-order valence-electron chi connectivity index (χ2n) is 7.90. The van der Waals surface area contributed by atoms with Crippen LogP contribution < -0.4 is 15.0 Å². The summed E-state index contributed by atoms with van der Waals surface area (Å²) in [6, 6.07) is 9.40. The molecule has 0 unspecified atom stereocenters. The molecule has 1 heterocycles. The Balaban J connectivity index is 2.11. The summed E-state index contributed by atoms with van der Waals surface area (Å²) in [5.41, 5.74) is 1.30. The number of hydrogen-bond acceptors (Lipinski definition) is 5. The van der Waals surface area contributed by atoms with Gasteiger partial charge in [0.25, 0.3) is 5.56 Å². The van der Waals surface area contributed by atoms with Gasteiger partial charge in [-0.2, -0.15) is 9.78 Å². The summed E-state index contributed by atoms with van der Waals surface area (Å²) in [5.74, 6) is 2.12. The zero-order valence-electron chi connectivity index (χ0n) is 19.6. The predicted octanol–water partition coefficient (Wildman–Crippen LogP) is 6.74. The van der Waals surface area contributed by atoms with Crippen molar-refractivity contribution in [1.82, 2.24) is 9.66 Å². The van der Waals surface area contributed by atoms with Crippen molar-refractivity contribution in [3.63, 3.8) is 0 Å². The van der Waals surface area contributed by atoms with Gasteiger partial charge in [-0.05, 0) is 85.2 Å². The lowest BCUT2D eigenvalue weighted by Crippen LogP contribution is -2.23. The lowest BCUT2D eigenvalue weighted by Gasteiger charge is -2.18.